The van der Waals surface area contributed by atoms with Gasteiger partial charge >= 0.3 is 0 Å². The van der Waals surface area contributed by atoms with Gasteiger partial charge in [0.2, 0.25) is 0 Å². The van der Waals surface area contributed by atoms with Gasteiger partial charge in [-0.05, 0) is 44.2 Å². The van der Waals surface area contributed by atoms with Crippen molar-refractivity contribution in [3.8, 4) is 17.1 Å². The van der Waals surface area contributed by atoms with Gasteiger partial charge in [-0.2, -0.15) is 0 Å². The molecule has 0 radical (unpaired) electrons. The molecule has 0 aliphatic carbocycles. The standard InChI is InChI=1S/C22H16BrFN4O/c1-12-21-20(22-13(2)26-11-29-22)25-10-28(21)18-8-7-14(23)9-16(18)19(27-12)15-5-3-4-6-17(15)24/h3-12H,1-2H3/t12-/m0/s1. The van der Waals surface area contributed by atoms with E-state index in [0.717, 1.165) is 27.1 Å². The van der Waals surface area contributed by atoms with Crippen LogP contribution in [0.5, 0.6) is 0 Å². The number of hydrogen-bond acceptors (Lipinski definition) is 4. The van der Waals surface area contributed by atoms with E-state index in [1.807, 2.05) is 42.7 Å². The lowest BCUT2D eigenvalue weighted by molar-refractivity contribution is 0.567. The number of aromatic nitrogens is 3. The summed E-state index contributed by atoms with van der Waals surface area (Å²) in [4.78, 5) is 13.7. The van der Waals surface area contributed by atoms with Crippen molar-refractivity contribution in [1.82, 2.24) is 14.5 Å². The topological polar surface area (TPSA) is 56.2 Å². The van der Waals surface area contributed by atoms with Gasteiger partial charge < -0.3 is 4.42 Å². The Morgan fingerprint density at radius 2 is 1.93 bits per heavy atom. The summed E-state index contributed by atoms with van der Waals surface area (Å²) in [5.74, 6) is 0.314. The Hall–Kier alpha value is -3.06. The third-order valence-electron chi connectivity index (χ3n) is 5.09. The SMILES string of the molecule is Cc1ncoc1-c1ncn2c1[C@H](C)N=C(c1ccccc1F)c1cc(Br)ccc1-2. The highest BCUT2D eigenvalue weighted by molar-refractivity contribution is 9.10. The second-order valence-corrected chi connectivity index (χ2v) is 7.83. The van der Waals surface area contributed by atoms with E-state index in [1.165, 1.54) is 12.5 Å². The lowest BCUT2D eigenvalue weighted by atomic mass is 10.00. The number of nitrogens with zero attached hydrogens (tertiary/aromatic N) is 4. The first-order chi connectivity index (χ1) is 14.0. The predicted octanol–water partition coefficient (Wildman–Crippen LogP) is 5.65. The fraction of sp³-hybridized carbons (Fsp3) is 0.136. The minimum atomic E-state index is -0.305. The first kappa shape index (κ1) is 18.0. The number of hydrogen-bond donors (Lipinski definition) is 0. The monoisotopic (exact) mass is 450 g/mol. The minimum Gasteiger partial charge on any atom is -0.441 e. The molecule has 0 bridgehead atoms. The molecule has 7 heteroatoms. The number of benzene rings is 2. The van der Waals surface area contributed by atoms with Crippen molar-refractivity contribution in [1.29, 1.82) is 0 Å². The molecule has 0 N–H and O–H groups in total. The van der Waals surface area contributed by atoms with E-state index in [0.29, 0.717) is 22.7 Å². The Morgan fingerprint density at radius 3 is 2.69 bits per heavy atom. The van der Waals surface area contributed by atoms with Gasteiger partial charge in [0.1, 0.15) is 17.8 Å². The van der Waals surface area contributed by atoms with Gasteiger partial charge in [-0.15, -0.1) is 0 Å². The maximum atomic E-state index is 14.7. The molecule has 29 heavy (non-hydrogen) atoms. The molecule has 0 unspecified atom stereocenters. The zero-order valence-electron chi connectivity index (χ0n) is 15.7. The molecule has 0 amide bonds. The number of rotatable bonds is 2. The van der Waals surface area contributed by atoms with Crippen molar-refractivity contribution in [2.45, 2.75) is 19.9 Å². The molecule has 0 saturated heterocycles. The van der Waals surface area contributed by atoms with Crippen molar-refractivity contribution in [2.24, 2.45) is 4.99 Å². The second-order valence-electron chi connectivity index (χ2n) is 6.91. The van der Waals surface area contributed by atoms with Gasteiger partial charge in [0, 0.05) is 15.6 Å². The lowest BCUT2D eigenvalue weighted by Gasteiger charge is -2.12. The van der Waals surface area contributed by atoms with Crippen LogP contribution in [0.3, 0.4) is 0 Å². The highest BCUT2D eigenvalue weighted by Crippen LogP contribution is 2.37. The highest BCUT2D eigenvalue weighted by Gasteiger charge is 2.29. The Bertz CT molecular complexity index is 1270. The number of halogens is 2. The van der Waals surface area contributed by atoms with Gasteiger partial charge in [-0.3, -0.25) is 9.56 Å². The maximum absolute atomic E-state index is 14.7. The van der Waals surface area contributed by atoms with Crippen LogP contribution in [0.15, 0.2) is 69.1 Å². The van der Waals surface area contributed by atoms with Gasteiger partial charge in [0.25, 0.3) is 0 Å². The molecular formula is C22H16BrFN4O. The van der Waals surface area contributed by atoms with Crippen molar-refractivity contribution in [3.05, 3.63) is 88.0 Å². The number of fused-ring (bicyclic) bond motifs is 3. The summed E-state index contributed by atoms with van der Waals surface area (Å²) in [6.45, 7) is 3.86. The van der Waals surface area contributed by atoms with Crippen molar-refractivity contribution in [3.63, 3.8) is 0 Å². The van der Waals surface area contributed by atoms with Crippen LogP contribution in [-0.2, 0) is 0 Å². The Kier molecular flexibility index (Phi) is 4.20. The molecule has 0 spiro atoms. The van der Waals surface area contributed by atoms with Crippen LogP contribution >= 0.6 is 15.9 Å². The first-order valence-electron chi connectivity index (χ1n) is 9.15. The molecule has 4 aromatic rings. The molecule has 0 fully saturated rings. The van der Waals surface area contributed by atoms with Crippen LogP contribution in [-0.4, -0.2) is 20.2 Å². The van der Waals surface area contributed by atoms with E-state index in [4.69, 9.17) is 9.41 Å². The molecule has 2 aromatic carbocycles. The van der Waals surface area contributed by atoms with Crippen molar-refractivity contribution in [2.75, 3.05) is 0 Å². The fourth-order valence-corrected chi connectivity index (χ4v) is 4.11. The maximum Gasteiger partial charge on any atom is 0.181 e. The van der Waals surface area contributed by atoms with Gasteiger partial charge in [-0.25, -0.2) is 14.4 Å². The summed E-state index contributed by atoms with van der Waals surface area (Å²) in [7, 11) is 0. The number of aryl methyl sites for hydroxylation is 1. The summed E-state index contributed by atoms with van der Waals surface area (Å²) in [6, 6.07) is 12.3. The molecule has 0 saturated carbocycles. The molecular weight excluding hydrogens is 435 g/mol. The van der Waals surface area contributed by atoms with Crippen LogP contribution in [0.25, 0.3) is 17.1 Å². The van der Waals surface area contributed by atoms with Crippen molar-refractivity contribution >= 4 is 21.6 Å². The van der Waals surface area contributed by atoms with Gasteiger partial charge in [0.15, 0.2) is 12.2 Å². The summed E-state index contributed by atoms with van der Waals surface area (Å²) < 4.78 is 23.2. The van der Waals surface area contributed by atoms with Gasteiger partial charge in [0.05, 0.1) is 28.8 Å². The Labute approximate surface area is 175 Å². The summed E-state index contributed by atoms with van der Waals surface area (Å²) in [6.07, 6.45) is 3.17. The number of oxazole rings is 1. The smallest absolute Gasteiger partial charge is 0.181 e. The van der Waals surface area contributed by atoms with E-state index >= 15 is 0 Å². The third-order valence-corrected chi connectivity index (χ3v) is 5.58. The minimum absolute atomic E-state index is 0.280. The molecule has 5 rings (SSSR count). The Balaban J connectivity index is 1.82. The quantitative estimate of drug-likeness (QED) is 0.396. The zero-order chi connectivity index (χ0) is 20.1. The van der Waals surface area contributed by atoms with Gasteiger partial charge in [-0.1, -0.05) is 28.1 Å². The van der Waals surface area contributed by atoms with E-state index in [1.54, 1.807) is 18.5 Å². The first-order valence-corrected chi connectivity index (χ1v) is 9.94. The molecule has 1 aliphatic heterocycles. The van der Waals surface area contributed by atoms with Crippen LogP contribution in [0.2, 0.25) is 0 Å². The molecule has 144 valence electrons. The normalized spacial score (nSPS) is 15.4. The van der Waals surface area contributed by atoms with E-state index in [2.05, 4.69) is 25.9 Å². The van der Waals surface area contributed by atoms with Crippen LogP contribution in [0, 0.1) is 12.7 Å². The summed E-state index contributed by atoms with van der Waals surface area (Å²) in [5.41, 5.74) is 5.11. The number of aliphatic imine (C=N–C) groups is 1. The van der Waals surface area contributed by atoms with Crippen LogP contribution in [0.4, 0.5) is 4.39 Å². The molecule has 5 nitrogen and oxygen atoms in total. The van der Waals surface area contributed by atoms with E-state index < -0.39 is 0 Å². The molecule has 3 heterocycles. The third kappa shape index (κ3) is 2.84. The second kappa shape index (κ2) is 6.77. The van der Waals surface area contributed by atoms with Crippen LogP contribution < -0.4 is 0 Å². The largest absolute Gasteiger partial charge is 0.441 e. The predicted molar refractivity (Wildman–Crippen MR) is 112 cm³/mol. The highest BCUT2D eigenvalue weighted by atomic mass is 79.9. The summed E-state index contributed by atoms with van der Waals surface area (Å²) in [5, 5.41) is 0. The fourth-order valence-electron chi connectivity index (χ4n) is 3.75. The Morgan fingerprint density at radius 1 is 1.10 bits per heavy atom. The van der Waals surface area contributed by atoms with E-state index in [9.17, 15) is 4.39 Å². The number of imidazole rings is 1. The average Bonchev–Trinajstić information content (AvgIpc) is 3.30. The van der Waals surface area contributed by atoms with Crippen molar-refractivity contribution < 1.29 is 8.81 Å². The van der Waals surface area contributed by atoms with E-state index in [-0.39, 0.29) is 11.9 Å². The molecule has 1 atom stereocenters. The van der Waals surface area contributed by atoms with Crippen LogP contribution in [0.1, 0.15) is 35.5 Å². The zero-order valence-corrected chi connectivity index (χ0v) is 17.3. The molecule has 2 aromatic heterocycles. The average molecular weight is 451 g/mol. The lowest BCUT2D eigenvalue weighted by Crippen LogP contribution is -2.09. The molecule has 1 aliphatic rings. The summed E-state index contributed by atoms with van der Waals surface area (Å²) >= 11 is 3.54.